The van der Waals surface area contributed by atoms with Crippen molar-refractivity contribution in [2.24, 2.45) is 10.9 Å². The molecule has 0 amide bonds. The number of rotatable bonds is 9. The molecule has 150 valence electrons. The molecule has 0 unspecified atom stereocenters. The maximum atomic E-state index is 5.44. The molecule has 1 aliphatic rings. The fraction of sp³-hybridized carbons (Fsp3) is 0.947. The summed E-state index contributed by atoms with van der Waals surface area (Å²) < 4.78 is 5.44. The molecular formula is C19H41IN4O. The Bertz CT molecular complexity index is 349. The number of ether oxygens (including phenoxy) is 1. The molecule has 25 heavy (non-hydrogen) atoms. The van der Waals surface area contributed by atoms with Crippen LogP contribution in [0, 0.1) is 5.92 Å². The third-order valence-corrected chi connectivity index (χ3v) is 4.99. The van der Waals surface area contributed by atoms with Crippen LogP contribution in [0.25, 0.3) is 0 Å². The maximum absolute atomic E-state index is 5.44. The van der Waals surface area contributed by atoms with Gasteiger partial charge in [0.1, 0.15) is 0 Å². The van der Waals surface area contributed by atoms with Gasteiger partial charge >= 0.3 is 0 Å². The number of guanidine groups is 1. The van der Waals surface area contributed by atoms with E-state index >= 15 is 0 Å². The molecule has 0 aromatic rings. The van der Waals surface area contributed by atoms with E-state index in [1.54, 1.807) is 0 Å². The highest BCUT2D eigenvalue weighted by atomic mass is 127. The van der Waals surface area contributed by atoms with E-state index in [0.29, 0.717) is 12.1 Å². The number of hydrogen-bond acceptors (Lipinski definition) is 3. The zero-order chi connectivity index (χ0) is 17.9. The van der Waals surface area contributed by atoms with Gasteiger partial charge in [0.2, 0.25) is 0 Å². The minimum Gasteiger partial charge on any atom is -0.381 e. The number of aliphatic imine (C=N–C) groups is 1. The molecule has 0 aliphatic carbocycles. The largest absolute Gasteiger partial charge is 0.381 e. The lowest BCUT2D eigenvalue weighted by Gasteiger charge is -2.31. The molecule has 0 atom stereocenters. The first kappa shape index (κ1) is 24.9. The van der Waals surface area contributed by atoms with E-state index in [1.807, 2.05) is 7.05 Å². The molecule has 0 aromatic heterocycles. The van der Waals surface area contributed by atoms with Crippen molar-refractivity contribution in [2.45, 2.75) is 65.5 Å². The van der Waals surface area contributed by atoms with Crippen LogP contribution in [0.15, 0.2) is 4.99 Å². The van der Waals surface area contributed by atoms with E-state index < -0.39 is 0 Å². The summed E-state index contributed by atoms with van der Waals surface area (Å²) in [6, 6.07) is 1.21. The van der Waals surface area contributed by atoms with Gasteiger partial charge in [-0.15, -0.1) is 24.0 Å². The van der Waals surface area contributed by atoms with E-state index in [4.69, 9.17) is 4.74 Å². The van der Waals surface area contributed by atoms with Gasteiger partial charge in [-0.3, -0.25) is 9.89 Å². The van der Waals surface area contributed by atoms with Crippen LogP contribution >= 0.6 is 24.0 Å². The maximum Gasteiger partial charge on any atom is 0.193 e. The third kappa shape index (κ3) is 9.99. The van der Waals surface area contributed by atoms with Gasteiger partial charge in [0.05, 0.1) is 0 Å². The first-order valence-electron chi connectivity index (χ1n) is 9.71. The second-order valence-corrected chi connectivity index (χ2v) is 7.52. The number of nitrogens with zero attached hydrogens (tertiary/aromatic N) is 3. The highest BCUT2D eigenvalue weighted by molar-refractivity contribution is 14.0. The molecule has 0 radical (unpaired) electrons. The molecule has 1 fully saturated rings. The number of nitrogens with one attached hydrogen (secondary N) is 1. The molecule has 0 spiro atoms. The summed E-state index contributed by atoms with van der Waals surface area (Å²) in [6.07, 6.45) is 4.79. The summed E-state index contributed by atoms with van der Waals surface area (Å²) in [6.45, 7) is 14.1. The van der Waals surface area contributed by atoms with E-state index in [-0.39, 0.29) is 24.0 Å². The fourth-order valence-electron chi connectivity index (χ4n) is 3.48. The summed E-state index contributed by atoms with van der Waals surface area (Å²) in [5.74, 6) is 1.83. The van der Waals surface area contributed by atoms with E-state index in [0.717, 1.165) is 51.1 Å². The van der Waals surface area contributed by atoms with Crippen molar-refractivity contribution in [2.75, 3.05) is 46.9 Å². The fourth-order valence-corrected chi connectivity index (χ4v) is 3.48. The molecule has 6 heteroatoms. The molecule has 0 saturated carbocycles. The van der Waals surface area contributed by atoms with Crippen LogP contribution in [0.3, 0.4) is 0 Å². The molecule has 1 heterocycles. The summed E-state index contributed by atoms with van der Waals surface area (Å²) in [4.78, 5) is 9.23. The van der Waals surface area contributed by atoms with Crippen LogP contribution in [0.2, 0.25) is 0 Å². The minimum atomic E-state index is 0. The van der Waals surface area contributed by atoms with Gasteiger partial charge in [-0.1, -0.05) is 0 Å². The second kappa shape index (κ2) is 14.0. The van der Waals surface area contributed by atoms with Gasteiger partial charge in [-0.25, -0.2) is 0 Å². The van der Waals surface area contributed by atoms with Crippen molar-refractivity contribution in [1.29, 1.82) is 0 Å². The van der Waals surface area contributed by atoms with Crippen LogP contribution in [-0.2, 0) is 4.74 Å². The lowest BCUT2D eigenvalue weighted by Crippen LogP contribution is -2.42. The standard InChI is InChI=1S/C19H40N4O.HI/c1-16(2)23(17(3)4)12-7-11-21-19(20-5)22(6)13-8-18-9-14-24-15-10-18;/h16-18H,7-15H2,1-6H3,(H,20,21);1H. The molecule has 1 N–H and O–H groups in total. The third-order valence-electron chi connectivity index (χ3n) is 4.99. The van der Waals surface area contributed by atoms with Crippen LogP contribution < -0.4 is 5.32 Å². The first-order valence-corrected chi connectivity index (χ1v) is 9.71. The summed E-state index contributed by atoms with van der Waals surface area (Å²) in [5.41, 5.74) is 0. The smallest absolute Gasteiger partial charge is 0.193 e. The molecular weight excluding hydrogens is 427 g/mol. The molecule has 5 nitrogen and oxygen atoms in total. The van der Waals surface area contributed by atoms with E-state index in [9.17, 15) is 0 Å². The normalized spacial score (nSPS) is 16.4. The van der Waals surface area contributed by atoms with Crippen molar-refractivity contribution in [3.63, 3.8) is 0 Å². The van der Waals surface area contributed by atoms with Crippen molar-refractivity contribution in [3.05, 3.63) is 0 Å². The van der Waals surface area contributed by atoms with Crippen molar-refractivity contribution < 1.29 is 4.74 Å². The molecule has 1 saturated heterocycles. The van der Waals surface area contributed by atoms with E-state index in [1.165, 1.54) is 19.3 Å². The lowest BCUT2D eigenvalue weighted by atomic mass is 9.96. The van der Waals surface area contributed by atoms with Crippen molar-refractivity contribution in [3.8, 4) is 0 Å². The Hall–Kier alpha value is -0.0800. The second-order valence-electron chi connectivity index (χ2n) is 7.52. The van der Waals surface area contributed by atoms with Gasteiger partial charge in [-0.05, 0) is 59.3 Å². The first-order chi connectivity index (χ1) is 11.5. The predicted molar refractivity (Wildman–Crippen MR) is 119 cm³/mol. The van der Waals surface area contributed by atoms with Crippen LogP contribution in [-0.4, -0.2) is 74.8 Å². The zero-order valence-electron chi connectivity index (χ0n) is 17.3. The van der Waals surface area contributed by atoms with Crippen molar-refractivity contribution >= 4 is 29.9 Å². The zero-order valence-corrected chi connectivity index (χ0v) is 19.6. The highest BCUT2D eigenvalue weighted by Crippen LogP contribution is 2.18. The van der Waals surface area contributed by atoms with Gasteiger partial charge in [0.25, 0.3) is 0 Å². The lowest BCUT2D eigenvalue weighted by molar-refractivity contribution is 0.0625. The van der Waals surface area contributed by atoms with E-state index in [2.05, 4.69) is 54.9 Å². The number of halogens is 1. The Morgan fingerprint density at radius 3 is 2.24 bits per heavy atom. The monoisotopic (exact) mass is 468 g/mol. The van der Waals surface area contributed by atoms with Gasteiger partial charge < -0.3 is 15.0 Å². The summed E-state index contributed by atoms with van der Waals surface area (Å²) in [5, 5.41) is 3.51. The van der Waals surface area contributed by atoms with Crippen LogP contribution in [0.5, 0.6) is 0 Å². The summed E-state index contributed by atoms with van der Waals surface area (Å²) in [7, 11) is 4.02. The Kier molecular flexibility index (Phi) is 14.0. The molecule has 0 bridgehead atoms. The average molecular weight is 468 g/mol. The topological polar surface area (TPSA) is 40.1 Å². The molecule has 1 aliphatic heterocycles. The van der Waals surface area contributed by atoms with Gasteiger partial charge in [-0.2, -0.15) is 0 Å². The Morgan fingerprint density at radius 2 is 1.72 bits per heavy atom. The molecule has 0 aromatic carbocycles. The molecule has 1 rings (SSSR count). The quantitative estimate of drug-likeness (QED) is 0.244. The Balaban J connectivity index is 0.00000576. The minimum absolute atomic E-state index is 0. The average Bonchev–Trinajstić information content (AvgIpc) is 2.56. The van der Waals surface area contributed by atoms with Crippen LogP contribution in [0.1, 0.15) is 53.4 Å². The summed E-state index contributed by atoms with van der Waals surface area (Å²) >= 11 is 0. The van der Waals surface area contributed by atoms with Gasteiger partial charge in [0.15, 0.2) is 5.96 Å². The highest BCUT2D eigenvalue weighted by Gasteiger charge is 2.16. The number of hydrogen-bond donors (Lipinski definition) is 1. The predicted octanol–water partition coefficient (Wildman–Crippen LogP) is 3.44. The SMILES string of the molecule is CN=C(NCCCN(C(C)C)C(C)C)N(C)CCC1CCOCC1.I. The Morgan fingerprint density at radius 1 is 1.12 bits per heavy atom. The van der Waals surface area contributed by atoms with Crippen molar-refractivity contribution in [1.82, 2.24) is 15.1 Å². The Labute approximate surface area is 173 Å². The van der Waals surface area contributed by atoms with Gasteiger partial charge in [0, 0.05) is 59.0 Å². The van der Waals surface area contributed by atoms with Crippen LogP contribution in [0.4, 0.5) is 0 Å².